The Kier molecular flexibility index (Phi) is 3.75. The number of benzene rings is 1. The minimum absolute atomic E-state index is 0.0452. The molecule has 5 heteroatoms. The molecule has 2 heterocycles. The van der Waals surface area contributed by atoms with Gasteiger partial charge in [-0.15, -0.1) is 0 Å². The molecule has 110 valence electrons. The van der Waals surface area contributed by atoms with E-state index in [4.69, 9.17) is 5.11 Å². The number of aromatic carboxylic acids is 1. The van der Waals surface area contributed by atoms with Crippen LogP contribution in [-0.2, 0) is 4.79 Å². The molecule has 0 saturated carbocycles. The average molecular weight is 286 g/mol. The summed E-state index contributed by atoms with van der Waals surface area (Å²) in [5.41, 5.74) is 1.08. The minimum atomic E-state index is -0.944. The van der Waals surface area contributed by atoms with Gasteiger partial charge in [0.2, 0.25) is 5.91 Å². The van der Waals surface area contributed by atoms with Crippen molar-refractivity contribution in [2.75, 3.05) is 26.2 Å². The van der Waals surface area contributed by atoms with Gasteiger partial charge in [-0.3, -0.25) is 9.69 Å². The normalized spacial score (nSPS) is 24.5. The number of rotatable bonds is 3. The van der Waals surface area contributed by atoms with Crippen molar-refractivity contribution in [1.82, 2.24) is 9.80 Å². The molecular formula is C16H18N2O3. The van der Waals surface area contributed by atoms with Crippen molar-refractivity contribution >= 4 is 18.0 Å². The third-order valence-electron chi connectivity index (χ3n) is 4.20. The summed E-state index contributed by atoms with van der Waals surface area (Å²) in [6.45, 7) is 3.84. The maximum absolute atomic E-state index is 12.3. The molecule has 2 aliphatic rings. The summed E-state index contributed by atoms with van der Waals surface area (Å²) < 4.78 is 0. The molecule has 1 aromatic carbocycles. The lowest BCUT2D eigenvalue weighted by molar-refractivity contribution is -0.129. The largest absolute Gasteiger partial charge is 0.478 e. The lowest BCUT2D eigenvalue weighted by Crippen LogP contribution is -2.48. The first-order chi connectivity index (χ1) is 10.1. The molecule has 2 fully saturated rings. The van der Waals surface area contributed by atoms with Crippen LogP contribution in [0, 0.1) is 0 Å². The number of carbonyl (C=O) groups is 2. The molecule has 21 heavy (non-hydrogen) atoms. The molecule has 0 radical (unpaired) electrons. The van der Waals surface area contributed by atoms with Crippen LogP contribution in [0.4, 0.5) is 0 Å². The fourth-order valence-electron chi connectivity index (χ4n) is 2.99. The zero-order chi connectivity index (χ0) is 14.8. The summed E-state index contributed by atoms with van der Waals surface area (Å²) in [5, 5.41) is 8.84. The van der Waals surface area contributed by atoms with Crippen LogP contribution >= 0.6 is 0 Å². The topological polar surface area (TPSA) is 60.9 Å². The summed E-state index contributed by atoms with van der Waals surface area (Å²) in [5.74, 6) is -0.899. The van der Waals surface area contributed by atoms with E-state index in [0.29, 0.717) is 6.04 Å². The Morgan fingerprint density at radius 1 is 1.14 bits per heavy atom. The third-order valence-corrected chi connectivity index (χ3v) is 4.20. The molecule has 1 amide bonds. The van der Waals surface area contributed by atoms with Crippen LogP contribution in [0.1, 0.15) is 22.3 Å². The van der Waals surface area contributed by atoms with E-state index in [0.717, 1.165) is 38.2 Å². The maximum atomic E-state index is 12.3. The summed E-state index contributed by atoms with van der Waals surface area (Å²) >= 11 is 0. The van der Waals surface area contributed by atoms with E-state index in [1.807, 2.05) is 4.90 Å². The van der Waals surface area contributed by atoms with Crippen molar-refractivity contribution in [3.8, 4) is 0 Å². The lowest BCUT2D eigenvalue weighted by Gasteiger charge is -2.33. The Hall–Kier alpha value is -2.14. The van der Waals surface area contributed by atoms with Gasteiger partial charge in [-0.2, -0.15) is 0 Å². The average Bonchev–Trinajstić information content (AvgIpc) is 2.86. The fourth-order valence-corrected chi connectivity index (χ4v) is 2.99. The Labute approximate surface area is 123 Å². The van der Waals surface area contributed by atoms with Gasteiger partial charge in [-0.1, -0.05) is 12.1 Å². The van der Waals surface area contributed by atoms with E-state index in [2.05, 4.69) is 4.90 Å². The van der Waals surface area contributed by atoms with Crippen molar-refractivity contribution in [2.45, 2.75) is 12.5 Å². The zero-order valence-electron chi connectivity index (χ0n) is 11.7. The second-order valence-electron chi connectivity index (χ2n) is 5.54. The molecular weight excluding hydrogens is 268 g/mol. The SMILES string of the molecule is O=C(O)c1ccc(C=CC(=O)N2CCN3CCC2C3)cc1. The highest BCUT2D eigenvalue weighted by Crippen LogP contribution is 2.20. The quantitative estimate of drug-likeness (QED) is 0.851. The highest BCUT2D eigenvalue weighted by Gasteiger charge is 2.34. The van der Waals surface area contributed by atoms with Gasteiger partial charge in [0.1, 0.15) is 0 Å². The van der Waals surface area contributed by atoms with Crippen LogP contribution in [-0.4, -0.2) is 59.0 Å². The molecule has 5 nitrogen and oxygen atoms in total. The number of piperazine rings is 1. The van der Waals surface area contributed by atoms with Crippen LogP contribution in [0.3, 0.4) is 0 Å². The van der Waals surface area contributed by atoms with Crippen molar-refractivity contribution in [3.63, 3.8) is 0 Å². The first kappa shape index (κ1) is 13.8. The first-order valence-electron chi connectivity index (χ1n) is 7.18. The molecule has 0 aromatic heterocycles. The van der Waals surface area contributed by atoms with Gasteiger partial charge in [-0.25, -0.2) is 4.79 Å². The van der Waals surface area contributed by atoms with Crippen LogP contribution < -0.4 is 0 Å². The van der Waals surface area contributed by atoms with E-state index < -0.39 is 5.97 Å². The summed E-state index contributed by atoms with van der Waals surface area (Å²) in [4.78, 5) is 27.4. The van der Waals surface area contributed by atoms with Gasteiger partial charge in [0, 0.05) is 38.3 Å². The monoisotopic (exact) mass is 286 g/mol. The van der Waals surface area contributed by atoms with E-state index >= 15 is 0 Å². The van der Waals surface area contributed by atoms with Crippen molar-refractivity contribution in [2.24, 2.45) is 0 Å². The van der Waals surface area contributed by atoms with Crippen molar-refractivity contribution < 1.29 is 14.7 Å². The van der Waals surface area contributed by atoms with Gasteiger partial charge >= 0.3 is 5.97 Å². The van der Waals surface area contributed by atoms with Crippen LogP contribution in [0.2, 0.25) is 0 Å². The number of amides is 1. The molecule has 0 aliphatic carbocycles. The lowest BCUT2D eigenvalue weighted by atomic mass is 10.1. The summed E-state index contributed by atoms with van der Waals surface area (Å²) in [6.07, 6.45) is 4.39. The van der Waals surface area contributed by atoms with Crippen LogP contribution in [0.25, 0.3) is 6.08 Å². The molecule has 2 aliphatic heterocycles. The minimum Gasteiger partial charge on any atom is -0.478 e. The smallest absolute Gasteiger partial charge is 0.335 e. The number of carbonyl (C=O) groups excluding carboxylic acids is 1. The Balaban J connectivity index is 1.65. The molecule has 2 saturated heterocycles. The Morgan fingerprint density at radius 2 is 1.90 bits per heavy atom. The number of hydrogen-bond donors (Lipinski definition) is 1. The Morgan fingerprint density at radius 3 is 2.62 bits per heavy atom. The molecule has 0 spiro atoms. The standard InChI is InChI=1S/C16H18N2O3/c19-15(18-10-9-17-8-7-14(18)11-17)6-3-12-1-4-13(5-2-12)16(20)21/h1-6,14H,7-11H2,(H,20,21). The summed E-state index contributed by atoms with van der Waals surface area (Å²) in [7, 11) is 0. The number of fused-ring (bicyclic) bond motifs is 2. The molecule has 1 N–H and O–H groups in total. The first-order valence-corrected chi connectivity index (χ1v) is 7.18. The second-order valence-corrected chi connectivity index (χ2v) is 5.54. The number of carboxylic acid groups (broad SMARTS) is 1. The number of nitrogens with zero attached hydrogens (tertiary/aromatic N) is 2. The van der Waals surface area contributed by atoms with E-state index in [-0.39, 0.29) is 11.5 Å². The molecule has 1 aromatic rings. The zero-order valence-corrected chi connectivity index (χ0v) is 11.7. The van der Waals surface area contributed by atoms with Crippen LogP contribution in [0.5, 0.6) is 0 Å². The molecule has 3 rings (SSSR count). The van der Waals surface area contributed by atoms with Crippen molar-refractivity contribution in [3.05, 3.63) is 41.5 Å². The van der Waals surface area contributed by atoms with Crippen LogP contribution in [0.15, 0.2) is 30.3 Å². The molecule has 2 unspecified atom stereocenters. The highest BCUT2D eigenvalue weighted by atomic mass is 16.4. The van der Waals surface area contributed by atoms with E-state index in [1.54, 1.807) is 36.4 Å². The Bertz CT molecular complexity index is 580. The van der Waals surface area contributed by atoms with Gasteiger partial charge in [0.15, 0.2) is 0 Å². The summed E-state index contributed by atoms with van der Waals surface area (Å²) in [6, 6.07) is 6.86. The van der Waals surface area contributed by atoms with E-state index in [9.17, 15) is 9.59 Å². The van der Waals surface area contributed by atoms with Gasteiger partial charge in [0.25, 0.3) is 0 Å². The highest BCUT2D eigenvalue weighted by molar-refractivity contribution is 5.92. The number of carboxylic acids is 1. The third kappa shape index (κ3) is 2.97. The van der Waals surface area contributed by atoms with Gasteiger partial charge in [-0.05, 0) is 30.2 Å². The molecule has 2 bridgehead atoms. The van der Waals surface area contributed by atoms with Crippen molar-refractivity contribution in [1.29, 1.82) is 0 Å². The fraction of sp³-hybridized carbons (Fsp3) is 0.375. The predicted octanol–water partition coefficient (Wildman–Crippen LogP) is 1.31. The number of hydrogen-bond acceptors (Lipinski definition) is 3. The van der Waals surface area contributed by atoms with Gasteiger partial charge in [0.05, 0.1) is 5.56 Å². The van der Waals surface area contributed by atoms with Gasteiger partial charge < -0.3 is 10.0 Å². The molecule has 2 atom stereocenters. The maximum Gasteiger partial charge on any atom is 0.335 e. The van der Waals surface area contributed by atoms with E-state index in [1.165, 1.54) is 0 Å². The predicted molar refractivity (Wildman–Crippen MR) is 79.0 cm³/mol. The second kappa shape index (κ2) is 5.69.